The van der Waals surface area contributed by atoms with Gasteiger partial charge in [-0.2, -0.15) is 30.7 Å². The first-order valence-corrected chi connectivity index (χ1v) is 6.16. The molecule has 0 fully saturated rings. The fraction of sp³-hybridized carbons (Fsp3) is 0.417. The van der Waals surface area contributed by atoms with Gasteiger partial charge < -0.3 is 9.47 Å². The predicted octanol–water partition coefficient (Wildman–Crippen LogP) is 4.09. The monoisotopic (exact) mass is 368 g/mol. The molecule has 0 aliphatic carbocycles. The van der Waals surface area contributed by atoms with E-state index in [4.69, 9.17) is 16.3 Å². The van der Waals surface area contributed by atoms with E-state index in [9.17, 15) is 35.5 Å². The summed E-state index contributed by atoms with van der Waals surface area (Å²) in [6.45, 7) is -1.56. The van der Waals surface area contributed by atoms with E-state index >= 15 is 0 Å². The van der Waals surface area contributed by atoms with E-state index in [1.54, 1.807) is 6.07 Å². The highest BCUT2D eigenvalue weighted by Crippen LogP contribution is 2.46. The van der Waals surface area contributed by atoms with Crippen molar-refractivity contribution >= 4 is 17.6 Å². The van der Waals surface area contributed by atoms with E-state index in [0.29, 0.717) is 0 Å². The summed E-state index contributed by atoms with van der Waals surface area (Å²) in [6, 6.07) is 5.84. The van der Waals surface area contributed by atoms with Crippen molar-refractivity contribution in [3.05, 3.63) is 29.3 Å². The number of benzene rings is 1. The van der Waals surface area contributed by atoms with Gasteiger partial charge in [-0.1, -0.05) is 23.7 Å². The number of hydrogen-bond donors (Lipinski definition) is 0. The number of ether oxygens (including phenoxy) is 2. The first kappa shape index (κ1) is 19.3. The summed E-state index contributed by atoms with van der Waals surface area (Å²) in [4.78, 5) is 10.8. The van der Waals surface area contributed by atoms with Gasteiger partial charge in [0, 0.05) is 0 Å². The SMILES string of the molecule is O=C(OCCOc1ccccc1Cl)C(F)(F)C(F)(F)C(F)(F)F. The molecule has 0 saturated heterocycles. The van der Waals surface area contributed by atoms with Crippen LogP contribution in [-0.4, -0.2) is 37.2 Å². The highest BCUT2D eigenvalue weighted by Gasteiger charge is 2.77. The number of carbonyl (C=O) groups is 1. The number of rotatable bonds is 6. The topological polar surface area (TPSA) is 35.5 Å². The smallest absolute Gasteiger partial charge is 0.460 e. The second-order valence-electron chi connectivity index (χ2n) is 4.06. The van der Waals surface area contributed by atoms with E-state index in [0.717, 1.165) is 0 Å². The van der Waals surface area contributed by atoms with Gasteiger partial charge in [0.1, 0.15) is 19.0 Å². The molecule has 0 aliphatic heterocycles. The number of esters is 1. The molecule has 130 valence electrons. The lowest BCUT2D eigenvalue weighted by atomic mass is 10.1. The quantitative estimate of drug-likeness (QED) is 0.431. The molecule has 23 heavy (non-hydrogen) atoms. The molecule has 0 heterocycles. The van der Waals surface area contributed by atoms with Crippen LogP contribution in [0.25, 0.3) is 0 Å². The molecule has 0 N–H and O–H groups in total. The third-order valence-electron chi connectivity index (χ3n) is 2.42. The van der Waals surface area contributed by atoms with Crippen LogP contribution in [0.5, 0.6) is 5.75 Å². The van der Waals surface area contributed by atoms with Gasteiger partial charge in [0.15, 0.2) is 0 Å². The predicted molar refractivity (Wildman–Crippen MR) is 63.9 cm³/mol. The van der Waals surface area contributed by atoms with Crippen molar-refractivity contribution < 1.29 is 45.0 Å². The van der Waals surface area contributed by atoms with Gasteiger partial charge in [-0.15, -0.1) is 0 Å². The number of para-hydroxylation sites is 1. The number of halogens is 8. The average Bonchev–Trinajstić information content (AvgIpc) is 2.43. The van der Waals surface area contributed by atoms with Gasteiger partial charge in [-0.05, 0) is 12.1 Å². The van der Waals surface area contributed by atoms with Crippen molar-refractivity contribution in [3.63, 3.8) is 0 Å². The van der Waals surface area contributed by atoms with Gasteiger partial charge in [-0.3, -0.25) is 0 Å². The number of hydrogen-bond acceptors (Lipinski definition) is 3. The maximum atomic E-state index is 12.9. The lowest BCUT2D eigenvalue weighted by Gasteiger charge is -2.26. The standard InChI is InChI=1S/C12H8ClF7O3/c13-7-3-1-2-4-8(7)22-5-6-23-9(21)10(14,15)11(16,17)12(18,19)20/h1-4H,5-6H2. The highest BCUT2D eigenvalue weighted by molar-refractivity contribution is 6.32. The fourth-order valence-corrected chi connectivity index (χ4v) is 1.43. The summed E-state index contributed by atoms with van der Waals surface area (Å²) >= 11 is 5.67. The molecule has 1 rings (SSSR count). The molecule has 0 amide bonds. The minimum absolute atomic E-state index is 0.0811. The summed E-state index contributed by atoms with van der Waals surface area (Å²) in [7, 11) is 0. The lowest BCUT2D eigenvalue weighted by Crippen LogP contribution is -2.56. The highest BCUT2D eigenvalue weighted by atomic mass is 35.5. The van der Waals surface area contributed by atoms with Gasteiger partial charge in [0.2, 0.25) is 0 Å². The van der Waals surface area contributed by atoms with Crippen LogP contribution in [-0.2, 0) is 9.53 Å². The second kappa shape index (κ2) is 6.81. The molecule has 3 nitrogen and oxygen atoms in total. The zero-order chi connectivity index (χ0) is 17.9. The van der Waals surface area contributed by atoms with Crippen molar-refractivity contribution in [2.24, 2.45) is 0 Å². The fourth-order valence-electron chi connectivity index (χ4n) is 1.24. The minimum Gasteiger partial charge on any atom is -0.488 e. The third-order valence-corrected chi connectivity index (χ3v) is 2.73. The Balaban J connectivity index is 2.58. The Morgan fingerprint density at radius 3 is 2.09 bits per heavy atom. The van der Waals surface area contributed by atoms with Gasteiger partial charge in [0.05, 0.1) is 5.02 Å². The molecule has 0 unspecified atom stereocenters. The van der Waals surface area contributed by atoms with Crippen LogP contribution >= 0.6 is 11.6 Å². The van der Waals surface area contributed by atoms with Crippen LogP contribution in [0.15, 0.2) is 24.3 Å². The van der Waals surface area contributed by atoms with Gasteiger partial charge in [0.25, 0.3) is 0 Å². The molecule has 0 bridgehead atoms. The van der Waals surface area contributed by atoms with Crippen LogP contribution in [0.2, 0.25) is 5.02 Å². The summed E-state index contributed by atoms with van der Waals surface area (Å²) in [6.07, 6.45) is -6.61. The van der Waals surface area contributed by atoms with E-state index in [2.05, 4.69) is 4.74 Å². The summed E-state index contributed by atoms with van der Waals surface area (Å²) in [5.41, 5.74) is 0. The minimum atomic E-state index is -6.61. The van der Waals surface area contributed by atoms with Crippen LogP contribution in [0.1, 0.15) is 0 Å². The molecule has 0 spiro atoms. The van der Waals surface area contributed by atoms with Crippen LogP contribution < -0.4 is 4.74 Å². The van der Waals surface area contributed by atoms with E-state index < -0.39 is 37.2 Å². The van der Waals surface area contributed by atoms with Crippen LogP contribution in [0.3, 0.4) is 0 Å². The molecule has 1 aromatic carbocycles. The Bertz CT molecular complexity index is 560. The first-order chi connectivity index (χ1) is 10.4. The molecule has 0 saturated carbocycles. The zero-order valence-corrected chi connectivity index (χ0v) is 11.7. The molecule has 1 aromatic rings. The molecular weight excluding hydrogens is 361 g/mol. The molecule has 11 heteroatoms. The number of carbonyl (C=O) groups excluding carboxylic acids is 1. The summed E-state index contributed by atoms with van der Waals surface area (Å²) < 4.78 is 95.1. The van der Waals surface area contributed by atoms with Crippen LogP contribution in [0, 0.1) is 0 Å². The lowest BCUT2D eigenvalue weighted by molar-refractivity contribution is -0.348. The molecule has 0 radical (unpaired) electrons. The summed E-state index contributed by atoms with van der Waals surface area (Å²) in [5.74, 6) is -15.5. The maximum Gasteiger partial charge on any atom is 0.460 e. The Morgan fingerprint density at radius 2 is 1.57 bits per heavy atom. The van der Waals surface area contributed by atoms with Crippen molar-refractivity contribution in [2.45, 2.75) is 18.0 Å². The van der Waals surface area contributed by atoms with E-state index in [-0.39, 0.29) is 10.8 Å². The molecule has 0 aliphatic rings. The normalized spacial score (nSPS) is 12.9. The maximum absolute atomic E-state index is 12.9. The van der Waals surface area contributed by atoms with Gasteiger partial charge >= 0.3 is 24.0 Å². The molecule has 0 aromatic heterocycles. The zero-order valence-electron chi connectivity index (χ0n) is 11.0. The molecular formula is C12H8ClF7O3. The van der Waals surface area contributed by atoms with Crippen molar-refractivity contribution in [1.29, 1.82) is 0 Å². The van der Waals surface area contributed by atoms with Crippen LogP contribution in [0.4, 0.5) is 30.7 Å². The Hall–Kier alpha value is -1.71. The van der Waals surface area contributed by atoms with Crippen molar-refractivity contribution in [2.75, 3.05) is 13.2 Å². The number of alkyl halides is 7. The van der Waals surface area contributed by atoms with Crippen molar-refractivity contribution in [1.82, 2.24) is 0 Å². The summed E-state index contributed by atoms with van der Waals surface area (Å²) in [5, 5.41) is 0.132. The van der Waals surface area contributed by atoms with Gasteiger partial charge in [-0.25, -0.2) is 4.79 Å². The van der Waals surface area contributed by atoms with E-state index in [1.165, 1.54) is 18.2 Å². The second-order valence-corrected chi connectivity index (χ2v) is 4.47. The van der Waals surface area contributed by atoms with Crippen molar-refractivity contribution in [3.8, 4) is 5.75 Å². The Morgan fingerprint density at radius 1 is 1.00 bits per heavy atom. The Kier molecular flexibility index (Phi) is 5.73. The third kappa shape index (κ3) is 4.18. The first-order valence-electron chi connectivity index (χ1n) is 5.78. The average molecular weight is 369 g/mol. The Labute approximate surface area is 129 Å². The molecule has 0 atom stereocenters. The van der Waals surface area contributed by atoms with E-state index in [1.807, 2.05) is 0 Å². The largest absolute Gasteiger partial charge is 0.488 e.